The minimum absolute atomic E-state index is 0.145. The van der Waals surface area contributed by atoms with E-state index in [9.17, 15) is 0 Å². The monoisotopic (exact) mass is 357 g/mol. The smallest absolute Gasteiger partial charge is 0.0441 e. The molecule has 0 aromatic heterocycles. The summed E-state index contributed by atoms with van der Waals surface area (Å²) in [4.78, 5) is 0. The molecule has 0 heterocycles. The molecule has 0 fully saturated rings. The second kappa shape index (κ2) is 6.27. The van der Waals surface area contributed by atoms with Crippen LogP contribution in [-0.4, -0.2) is 0 Å². The Morgan fingerprint density at radius 1 is 1.16 bits per heavy atom. The molecular weight excluding hydrogens is 345 g/mol. The fourth-order valence-electron chi connectivity index (χ4n) is 1.96. The molecule has 0 spiro atoms. The lowest BCUT2D eigenvalue weighted by atomic mass is 9.99. The zero-order valence-corrected chi connectivity index (χ0v) is 13.6. The molecule has 1 atom stereocenters. The van der Waals surface area contributed by atoms with Crippen LogP contribution in [0, 0.1) is 6.92 Å². The van der Waals surface area contributed by atoms with Gasteiger partial charge in [0, 0.05) is 20.6 Å². The Balaban J connectivity index is 2.25. The van der Waals surface area contributed by atoms with Gasteiger partial charge in [-0.05, 0) is 54.3 Å². The van der Waals surface area contributed by atoms with E-state index in [0.29, 0.717) is 11.4 Å². The van der Waals surface area contributed by atoms with Gasteiger partial charge in [-0.2, -0.15) is 0 Å². The van der Waals surface area contributed by atoms with Gasteiger partial charge < -0.3 is 5.73 Å². The molecule has 2 aromatic rings. The number of rotatable bonds is 3. The number of aryl methyl sites for hydroxylation is 1. The van der Waals surface area contributed by atoms with E-state index in [2.05, 4.69) is 15.9 Å². The van der Waals surface area contributed by atoms with Crippen LogP contribution < -0.4 is 5.73 Å². The summed E-state index contributed by atoms with van der Waals surface area (Å²) < 4.78 is 0.965. The van der Waals surface area contributed by atoms with E-state index < -0.39 is 0 Å². The normalized spacial score (nSPS) is 12.5. The number of nitrogens with two attached hydrogens (primary N) is 1. The largest absolute Gasteiger partial charge is 0.324 e. The molecule has 0 radical (unpaired) electrons. The van der Waals surface area contributed by atoms with Crippen molar-refractivity contribution < 1.29 is 0 Å². The second-order valence-corrected chi connectivity index (χ2v) is 6.27. The minimum atomic E-state index is -0.145. The van der Waals surface area contributed by atoms with Crippen molar-refractivity contribution in [3.05, 3.63) is 67.6 Å². The highest BCUT2D eigenvalue weighted by atomic mass is 79.9. The van der Waals surface area contributed by atoms with Crippen LogP contribution >= 0.6 is 39.1 Å². The van der Waals surface area contributed by atoms with Crippen LogP contribution in [0.25, 0.3) is 0 Å². The first kappa shape index (κ1) is 14.9. The predicted molar refractivity (Wildman–Crippen MR) is 86.0 cm³/mol. The maximum absolute atomic E-state index is 6.26. The zero-order chi connectivity index (χ0) is 14.0. The quantitative estimate of drug-likeness (QED) is 0.790. The molecule has 0 saturated heterocycles. The standard InChI is InChI=1S/C15H14BrCl2N/c1-9-2-3-10(14(18)6-9)7-15(19)12-8-11(17)4-5-13(12)16/h2-6,8,15H,7,19H2,1H3. The molecule has 2 rings (SSSR count). The summed E-state index contributed by atoms with van der Waals surface area (Å²) >= 11 is 15.8. The van der Waals surface area contributed by atoms with Crippen molar-refractivity contribution in [1.82, 2.24) is 0 Å². The SMILES string of the molecule is Cc1ccc(CC(N)c2cc(Cl)ccc2Br)c(Cl)c1. The second-order valence-electron chi connectivity index (χ2n) is 4.57. The van der Waals surface area contributed by atoms with Gasteiger partial charge in [0.2, 0.25) is 0 Å². The highest BCUT2D eigenvalue weighted by Crippen LogP contribution is 2.29. The number of hydrogen-bond acceptors (Lipinski definition) is 1. The molecule has 19 heavy (non-hydrogen) atoms. The van der Waals surface area contributed by atoms with Crippen LogP contribution in [-0.2, 0) is 6.42 Å². The Morgan fingerprint density at radius 2 is 1.89 bits per heavy atom. The summed E-state index contributed by atoms with van der Waals surface area (Å²) in [6.07, 6.45) is 0.679. The molecular formula is C15H14BrCl2N. The van der Waals surface area contributed by atoms with E-state index in [1.165, 1.54) is 0 Å². The molecule has 2 aromatic carbocycles. The summed E-state index contributed by atoms with van der Waals surface area (Å²) in [6, 6.07) is 11.5. The first-order valence-electron chi connectivity index (χ1n) is 5.93. The molecule has 0 aliphatic heterocycles. The van der Waals surface area contributed by atoms with Crippen molar-refractivity contribution in [3.8, 4) is 0 Å². The molecule has 100 valence electrons. The first-order chi connectivity index (χ1) is 8.97. The Labute approximate surface area is 131 Å². The Kier molecular flexibility index (Phi) is 4.91. The van der Waals surface area contributed by atoms with E-state index in [1.807, 2.05) is 43.3 Å². The maximum atomic E-state index is 6.26. The Morgan fingerprint density at radius 3 is 2.58 bits per heavy atom. The molecule has 0 amide bonds. The third-order valence-corrected chi connectivity index (χ3v) is 4.32. The number of halogens is 3. The summed E-state index contributed by atoms with van der Waals surface area (Å²) in [5, 5.41) is 1.44. The van der Waals surface area contributed by atoms with Crippen LogP contribution in [0.15, 0.2) is 40.9 Å². The average Bonchev–Trinajstić information content (AvgIpc) is 2.35. The van der Waals surface area contributed by atoms with Crippen LogP contribution in [0.5, 0.6) is 0 Å². The maximum Gasteiger partial charge on any atom is 0.0441 e. The summed E-state index contributed by atoms with van der Waals surface area (Å²) in [6.45, 7) is 2.02. The number of benzene rings is 2. The Hall–Kier alpha value is -0.540. The lowest BCUT2D eigenvalue weighted by molar-refractivity contribution is 0.718. The van der Waals surface area contributed by atoms with E-state index >= 15 is 0 Å². The lowest BCUT2D eigenvalue weighted by Gasteiger charge is -2.15. The summed E-state index contributed by atoms with van der Waals surface area (Å²) in [7, 11) is 0. The van der Waals surface area contributed by atoms with Crippen molar-refractivity contribution in [2.45, 2.75) is 19.4 Å². The third-order valence-electron chi connectivity index (χ3n) is 3.01. The fraction of sp³-hybridized carbons (Fsp3) is 0.200. The third kappa shape index (κ3) is 3.73. The highest BCUT2D eigenvalue weighted by molar-refractivity contribution is 9.10. The summed E-state index contributed by atoms with van der Waals surface area (Å²) in [5.41, 5.74) is 9.44. The van der Waals surface area contributed by atoms with E-state index in [1.54, 1.807) is 0 Å². The van der Waals surface area contributed by atoms with E-state index in [0.717, 1.165) is 26.2 Å². The van der Waals surface area contributed by atoms with E-state index in [4.69, 9.17) is 28.9 Å². The van der Waals surface area contributed by atoms with Gasteiger partial charge in [0.15, 0.2) is 0 Å². The van der Waals surface area contributed by atoms with Gasteiger partial charge in [0.1, 0.15) is 0 Å². The van der Waals surface area contributed by atoms with Crippen molar-refractivity contribution in [3.63, 3.8) is 0 Å². The van der Waals surface area contributed by atoms with Crippen molar-refractivity contribution >= 4 is 39.1 Å². The predicted octanol–water partition coefficient (Wildman–Crippen LogP) is 5.31. The van der Waals surface area contributed by atoms with Crippen molar-refractivity contribution in [2.24, 2.45) is 5.73 Å². The molecule has 0 aliphatic carbocycles. The minimum Gasteiger partial charge on any atom is -0.324 e. The Bertz CT molecular complexity index is 599. The van der Waals surface area contributed by atoms with Crippen LogP contribution in [0.1, 0.15) is 22.7 Å². The summed E-state index contributed by atoms with van der Waals surface area (Å²) in [5.74, 6) is 0. The number of hydrogen-bond donors (Lipinski definition) is 1. The fourth-order valence-corrected chi connectivity index (χ4v) is 3.00. The molecule has 4 heteroatoms. The molecule has 1 unspecified atom stereocenters. The van der Waals surface area contributed by atoms with Gasteiger partial charge in [-0.15, -0.1) is 0 Å². The van der Waals surface area contributed by atoms with Gasteiger partial charge in [0.25, 0.3) is 0 Å². The van der Waals surface area contributed by atoms with Crippen LogP contribution in [0.2, 0.25) is 10.0 Å². The van der Waals surface area contributed by atoms with Crippen molar-refractivity contribution in [1.29, 1.82) is 0 Å². The van der Waals surface area contributed by atoms with Gasteiger partial charge in [0.05, 0.1) is 0 Å². The average molecular weight is 359 g/mol. The topological polar surface area (TPSA) is 26.0 Å². The molecule has 0 saturated carbocycles. The van der Waals surface area contributed by atoms with Gasteiger partial charge in [-0.1, -0.05) is 51.3 Å². The molecule has 1 nitrogen and oxygen atoms in total. The molecule has 0 bridgehead atoms. The van der Waals surface area contributed by atoms with Gasteiger partial charge in [-0.3, -0.25) is 0 Å². The molecule has 0 aliphatic rings. The highest BCUT2D eigenvalue weighted by Gasteiger charge is 2.13. The van der Waals surface area contributed by atoms with Crippen LogP contribution in [0.3, 0.4) is 0 Å². The first-order valence-corrected chi connectivity index (χ1v) is 7.48. The van der Waals surface area contributed by atoms with Gasteiger partial charge >= 0.3 is 0 Å². The zero-order valence-electron chi connectivity index (χ0n) is 10.5. The molecule has 2 N–H and O–H groups in total. The van der Waals surface area contributed by atoms with Crippen molar-refractivity contribution in [2.75, 3.05) is 0 Å². The van der Waals surface area contributed by atoms with Gasteiger partial charge in [-0.25, -0.2) is 0 Å². The van der Waals surface area contributed by atoms with E-state index in [-0.39, 0.29) is 6.04 Å². The van der Waals surface area contributed by atoms with Crippen LogP contribution in [0.4, 0.5) is 0 Å². The lowest BCUT2D eigenvalue weighted by Crippen LogP contribution is -2.14.